The Morgan fingerprint density at radius 2 is 1.82 bits per heavy atom. The summed E-state index contributed by atoms with van der Waals surface area (Å²) in [5.41, 5.74) is 2.84. The number of anilines is 1. The zero-order chi connectivity index (χ0) is 23.8. The lowest BCUT2D eigenvalue weighted by atomic mass is 10.1. The van der Waals surface area contributed by atoms with Gasteiger partial charge in [-0.25, -0.2) is 4.98 Å². The van der Waals surface area contributed by atoms with Crippen molar-refractivity contribution >= 4 is 63.5 Å². The van der Waals surface area contributed by atoms with Gasteiger partial charge >= 0.3 is 0 Å². The van der Waals surface area contributed by atoms with E-state index in [4.69, 9.17) is 17.2 Å². The predicted molar refractivity (Wildman–Crippen MR) is 146 cm³/mol. The molecule has 0 radical (unpaired) electrons. The predicted octanol–water partition coefficient (Wildman–Crippen LogP) is 4.52. The Bertz CT molecular complexity index is 1360. The van der Waals surface area contributed by atoms with E-state index in [0.717, 1.165) is 35.7 Å². The minimum absolute atomic E-state index is 0.177. The zero-order valence-corrected chi connectivity index (χ0v) is 21.4. The molecule has 1 amide bonds. The van der Waals surface area contributed by atoms with Crippen molar-refractivity contribution in [2.45, 2.75) is 19.9 Å². The Labute approximate surface area is 212 Å². The summed E-state index contributed by atoms with van der Waals surface area (Å²) in [6.07, 6.45) is 3.42. The Hall–Kier alpha value is -2.62. The van der Waals surface area contributed by atoms with Crippen molar-refractivity contribution in [3.05, 3.63) is 80.6 Å². The minimum atomic E-state index is -0.198. The number of rotatable bonds is 4. The van der Waals surface area contributed by atoms with E-state index in [1.807, 2.05) is 68.1 Å². The molecule has 4 heterocycles. The van der Waals surface area contributed by atoms with E-state index in [0.29, 0.717) is 26.3 Å². The van der Waals surface area contributed by atoms with E-state index in [2.05, 4.69) is 4.90 Å². The van der Waals surface area contributed by atoms with Crippen molar-refractivity contribution in [3.63, 3.8) is 0 Å². The van der Waals surface area contributed by atoms with Crippen molar-refractivity contribution in [3.8, 4) is 0 Å². The molecule has 2 aliphatic heterocycles. The Morgan fingerprint density at radius 3 is 2.56 bits per heavy atom. The standard InChI is InChI=1S/C25H24N4O2S3/c1-16-7-6-10-28-21(16)26-22(27-11-13-33-14-12-27)19(23(28)30)15-20-24(31)29(25(32)34-20)17(2)18-8-4-3-5-9-18/h3-10,15,17H,11-14H2,1-2H3/b20-15-/t17-/m0/s1. The van der Waals surface area contributed by atoms with Gasteiger partial charge in [-0.3, -0.25) is 18.9 Å². The molecule has 2 aromatic heterocycles. The molecule has 0 unspecified atom stereocenters. The molecule has 9 heteroatoms. The van der Waals surface area contributed by atoms with Crippen molar-refractivity contribution in [2.24, 2.45) is 0 Å². The Morgan fingerprint density at radius 1 is 1.09 bits per heavy atom. The third kappa shape index (κ3) is 4.16. The van der Waals surface area contributed by atoms with E-state index in [1.165, 1.54) is 11.8 Å². The second kappa shape index (κ2) is 9.56. The minimum Gasteiger partial charge on any atom is -0.354 e. The highest BCUT2D eigenvalue weighted by Gasteiger charge is 2.36. The second-order valence-corrected chi connectivity index (χ2v) is 11.2. The summed E-state index contributed by atoms with van der Waals surface area (Å²) in [6, 6.07) is 13.4. The third-order valence-corrected chi connectivity index (χ3v) is 8.42. The van der Waals surface area contributed by atoms with Crippen molar-refractivity contribution in [2.75, 3.05) is 29.5 Å². The number of thioether (sulfide) groups is 2. The number of amides is 1. The van der Waals surface area contributed by atoms with Gasteiger partial charge in [-0.2, -0.15) is 11.8 Å². The molecule has 5 rings (SSSR count). The molecule has 2 aliphatic rings. The summed E-state index contributed by atoms with van der Waals surface area (Å²) < 4.78 is 2.06. The summed E-state index contributed by atoms with van der Waals surface area (Å²) in [5.74, 6) is 2.41. The SMILES string of the molecule is Cc1cccn2c(=O)c(/C=C3\SC(=S)N([C@@H](C)c4ccccc4)C3=O)c(N3CCSCC3)nc12. The van der Waals surface area contributed by atoms with Crippen LogP contribution in [0.25, 0.3) is 11.7 Å². The lowest BCUT2D eigenvalue weighted by molar-refractivity contribution is -0.123. The summed E-state index contributed by atoms with van der Waals surface area (Å²) in [6.45, 7) is 5.54. The monoisotopic (exact) mass is 508 g/mol. The molecule has 3 aromatic rings. The molecule has 0 spiro atoms. The number of thiocarbonyl (C=S) groups is 1. The highest BCUT2D eigenvalue weighted by atomic mass is 32.2. The van der Waals surface area contributed by atoms with Crippen LogP contribution in [0, 0.1) is 6.92 Å². The summed E-state index contributed by atoms with van der Waals surface area (Å²) in [5, 5.41) is 0. The number of aryl methyl sites for hydroxylation is 1. The maximum absolute atomic E-state index is 13.6. The second-order valence-electron chi connectivity index (χ2n) is 8.28. The highest BCUT2D eigenvalue weighted by Crippen LogP contribution is 2.38. The lowest BCUT2D eigenvalue weighted by Gasteiger charge is -2.29. The first-order chi connectivity index (χ1) is 16.5. The number of hydrogen-bond acceptors (Lipinski definition) is 7. The number of carbonyl (C=O) groups excluding carboxylic acids is 1. The van der Waals surface area contributed by atoms with Crippen LogP contribution in [0.5, 0.6) is 0 Å². The molecule has 1 aromatic carbocycles. The topological polar surface area (TPSA) is 57.9 Å². The molecule has 34 heavy (non-hydrogen) atoms. The number of benzene rings is 1. The largest absolute Gasteiger partial charge is 0.354 e. The van der Waals surface area contributed by atoms with Crippen molar-refractivity contribution in [1.29, 1.82) is 0 Å². The molecule has 6 nitrogen and oxygen atoms in total. The molecule has 2 fully saturated rings. The van der Waals surface area contributed by atoms with Gasteiger partial charge in [0.1, 0.15) is 15.8 Å². The van der Waals surface area contributed by atoms with Gasteiger partial charge in [0.05, 0.1) is 16.5 Å². The lowest BCUT2D eigenvalue weighted by Crippen LogP contribution is -2.36. The molecule has 2 saturated heterocycles. The maximum Gasteiger partial charge on any atom is 0.267 e. The van der Waals surface area contributed by atoms with Crippen LogP contribution in [0.15, 0.2) is 58.4 Å². The van der Waals surface area contributed by atoms with Crippen LogP contribution in [0.4, 0.5) is 5.82 Å². The van der Waals surface area contributed by atoms with Crippen LogP contribution in [0.2, 0.25) is 0 Å². The highest BCUT2D eigenvalue weighted by molar-refractivity contribution is 8.26. The fourth-order valence-corrected chi connectivity index (χ4v) is 6.57. The third-order valence-electron chi connectivity index (χ3n) is 6.14. The average Bonchev–Trinajstić information content (AvgIpc) is 3.14. The zero-order valence-electron chi connectivity index (χ0n) is 18.9. The van der Waals surface area contributed by atoms with Gasteiger partial charge in [0.2, 0.25) is 0 Å². The van der Waals surface area contributed by atoms with E-state index < -0.39 is 0 Å². The maximum atomic E-state index is 13.6. The van der Waals surface area contributed by atoms with Gasteiger partial charge in [0.15, 0.2) is 0 Å². The number of hydrogen-bond donors (Lipinski definition) is 0. The number of pyridine rings is 1. The van der Waals surface area contributed by atoms with Gasteiger partial charge in [0, 0.05) is 30.8 Å². The molecular formula is C25H24N4O2S3. The summed E-state index contributed by atoms with van der Waals surface area (Å²) in [7, 11) is 0. The number of aromatic nitrogens is 2. The number of fused-ring (bicyclic) bond motifs is 1. The number of carbonyl (C=O) groups is 1. The van der Waals surface area contributed by atoms with E-state index >= 15 is 0 Å². The first kappa shape index (κ1) is 23.1. The van der Waals surface area contributed by atoms with Crippen LogP contribution in [0.3, 0.4) is 0 Å². The summed E-state index contributed by atoms with van der Waals surface area (Å²) in [4.78, 5) is 36.2. The molecule has 0 N–H and O–H groups in total. The number of nitrogens with zero attached hydrogens (tertiary/aromatic N) is 4. The normalized spacial score (nSPS) is 18.8. The molecule has 0 aliphatic carbocycles. The molecular weight excluding hydrogens is 485 g/mol. The van der Waals surface area contributed by atoms with E-state index in [-0.39, 0.29) is 17.5 Å². The van der Waals surface area contributed by atoms with Gasteiger partial charge in [-0.15, -0.1) is 0 Å². The van der Waals surface area contributed by atoms with Crippen LogP contribution in [-0.2, 0) is 4.79 Å². The first-order valence-corrected chi connectivity index (χ1v) is 13.5. The van der Waals surface area contributed by atoms with E-state index in [9.17, 15) is 9.59 Å². The van der Waals surface area contributed by atoms with Gasteiger partial charge in [0.25, 0.3) is 11.5 Å². The van der Waals surface area contributed by atoms with Crippen LogP contribution in [0.1, 0.15) is 29.7 Å². The van der Waals surface area contributed by atoms with Crippen molar-refractivity contribution < 1.29 is 4.79 Å². The fourth-order valence-electron chi connectivity index (χ4n) is 4.27. The average molecular weight is 509 g/mol. The quantitative estimate of drug-likeness (QED) is 0.379. The Kier molecular flexibility index (Phi) is 6.50. The van der Waals surface area contributed by atoms with Crippen LogP contribution < -0.4 is 10.5 Å². The van der Waals surface area contributed by atoms with Crippen LogP contribution >= 0.6 is 35.7 Å². The Balaban J connectivity index is 1.61. The molecule has 0 saturated carbocycles. The van der Waals surface area contributed by atoms with Crippen molar-refractivity contribution in [1.82, 2.24) is 14.3 Å². The molecule has 174 valence electrons. The van der Waals surface area contributed by atoms with Crippen LogP contribution in [-0.4, -0.2) is 49.1 Å². The molecule has 0 bridgehead atoms. The van der Waals surface area contributed by atoms with Gasteiger partial charge in [-0.1, -0.05) is 60.4 Å². The summed E-state index contributed by atoms with van der Waals surface area (Å²) >= 11 is 8.72. The van der Waals surface area contributed by atoms with Gasteiger partial charge in [-0.05, 0) is 37.1 Å². The first-order valence-electron chi connectivity index (χ1n) is 11.1. The smallest absolute Gasteiger partial charge is 0.267 e. The van der Waals surface area contributed by atoms with Gasteiger partial charge < -0.3 is 4.90 Å². The van der Waals surface area contributed by atoms with E-state index in [1.54, 1.807) is 21.6 Å². The molecule has 1 atom stereocenters. The fraction of sp³-hybridized carbons (Fsp3) is 0.280.